The maximum absolute atomic E-state index is 10.4. The molecule has 134 valence electrons. The molecule has 0 saturated carbocycles. The maximum Gasteiger partial charge on any atom is 0.179 e. The molecule has 6 heteroatoms. The molecule has 1 aromatic carbocycles. The second kappa shape index (κ2) is 8.04. The number of rotatable bonds is 6. The summed E-state index contributed by atoms with van der Waals surface area (Å²) in [5.74, 6) is 1.38. The molecule has 25 heavy (non-hydrogen) atoms. The van der Waals surface area contributed by atoms with E-state index in [1.807, 2.05) is 24.3 Å². The topological polar surface area (TPSA) is 54.8 Å². The van der Waals surface area contributed by atoms with E-state index >= 15 is 0 Å². The number of pyridine rings is 1. The molecule has 2 heterocycles. The van der Waals surface area contributed by atoms with Gasteiger partial charge in [-0.1, -0.05) is 17.7 Å². The highest BCUT2D eigenvalue weighted by atomic mass is 35.5. The third kappa shape index (κ3) is 4.06. The molecule has 0 spiro atoms. The van der Waals surface area contributed by atoms with Crippen molar-refractivity contribution in [3.8, 4) is 11.5 Å². The van der Waals surface area contributed by atoms with Gasteiger partial charge in [0.1, 0.15) is 0 Å². The Balaban J connectivity index is 1.68. The van der Waals surface area contributed by atoms with Crippen molar-refractivity contribution >= 4 is 11.6 Å². The molecule has 0 unspecified atom stereocenters. The van der Waals surface area contributed by atoms with Crippen LogP contribution in [0, 0.1) is 5.92 Å². The Labute approximate surface area is 153 Å². The highest BCUT2D eigenvalue weighted by molar-refractivity contribution is 6.33. The molecule has 1 aromatic heterocycles. The van der Waals surface area contributed by atoms with E-state index in [1.54, 1.807) is 26.6 Å². The zero-order chi connectivity index (χ0) is 17.8. The van der Waals surface area contributed by atoms with Gasteiger partial charge in [-0.2, -0.15) is 0 Å². The molecule has 0 aliphatic carbocycles. The van der Waals surface area contributed by atoms with Gasteiger partial charge in [0, 0.05) is 37.9 Å². The average Bonchev–Trinajstić information content (AvgIpc) is 2.96. The maximum atomic E-state index is 10.4. The number of likely N-dealkylation sites (tertiary alicyclic amines) is 1. The summed E-state index contributed by atoms with van der Waals surface area (Å²) in [6, 6.07) is 7.81. The van der Waals surface area contributed by atoms with Gasteiger partial charge in [-0.05, 0) is 35.7 Å². The van der Waals surface area contributed by atoms with Gasteiger partial charge in [0.2, 0.25) is 0 Å². The van der Waals surface area contributed by atoms with E-state index in [2.05, 4.69) is 9.88 Å². The quantitative estimate of drug-likeness (QED) is 0.856. The molecule has 5 nitrogen and oxygen atoms in total. The first-order valence-corrected chi connectivity index (χ1v) is 8.68. The first-order valence-electron chi connectivity index (χ1n) is 8.31. The summed E-state index contributed by atoms with van der Waals surface area (Å²) in [6.45, 7) is 2.14. The number of β-amino-alcohol motifs (C(OH)–C–C–N with tert-alkyl or cyclic N) is 1. The van der Waals surface area contributed by atoms with Gasteiger partial charge in [-0.3, -0.25) is 9.88 Å². The number of methoxy groups -OCH3 is 2. The third-order valence-electron chi connectivity index (χ3n) is 4.69. The Morgan fingerprint density at radius 2 is 1.92 bits per heavy atom. The van der Waals surface area contributed by atoms with Gasteiger partial charge in [0.25, 0.3) is 0 Å². The van der Waals surface area contributed by atoms with Crippen LogP contribution in [0.25, 0.3) is 0 Å². The zero-order valence-electron chi connectivity index (χ0n) is 14.5. The van der Waals surface area contributed by atoms with Crippen LogP contribution >= 0.6 is 11.6 Å². The molecule has 0 amide bonds. The lowest BCUT2D eigenvalue weighted by Gasteiger charge is -2.18. The van der Waals surface area contributed by atoms with E-state index < -0.39 is 0 Å². The van der Waals surface area contributed by atoms with E-state index in [0.29, 0.717) is 29.6 Å². The molecule has 1 N–H and O–H groups in total. The Kier molecular flexibility index (Phi) is 5.78. The molecule has 2 aromatic rings. The van der Waals surface area contributed by atoms with E-state index in [4.69, 9.17) is 21.1 Å². The Bertz CT molecular complexity index is 711. The smallest absolute Gasteiger partial charge is 0.179 e. The van der Waals surface area contributed by atoms with Gasteiger partial charge in [0.15, 0.2) is 11.5 Å². The summed E-state index contributed by atoms with van der Waals surface area (Å²) in [5, 5.41) is 11.0. The van der Waals surface area contributed by atoms with Crippen LogP contribution in [0.3, 0.4) is 0 Å². The summed E-state index contributed by atoms with van der Waals surface area (Å²) in [5.41, 5.74) is 2.17. The SMILES string of the molecule is COc1ccc(CN2C[C@@H](Cc3ccncc3)[C@H](O)C2)c(Cl)c1OC. The van der Waals surface area contributed by atoms with Crippen LogP contribution in [0.5, 0.6) is 11.5 Å². The molecular formula is C19H23ClN2O3. The number of hydrogen-bond donors (Lipinski definition) is 1. The highest BCUT2D eigenvalue weighted by Gasteiger charge is 2.31. The standard InChI is InChI=1S/C19H23ClN2O3/c1-24-17-4-3-14(18(20)19(17)25-2)10-22-11-15(16(23)12-22)9-13-5-7-21-8-6-13/h3-8,15-16,23H,9-12H2,1-2H3/t15-,16-/m1/s1. The van der Waals surface area contributed by atoms with Crippen LogP contribution < -0.4 is 9.47 Å². The molecule has 0 radical (unpaired) electrons. The summed E-state index contributed by atoms with van der Waals surface area (Å²) in [4.78, 5) is 6.27. The fraction of sp³-hybridized carbons (Fsp3) is 0.421. The van der Waals surface area contributed by atoms with Crippen molar-refractivity contribution in [2.24, 2.45) is 5.92 Å². The highest BCUT2D eigenvalue weighted by Crippen LogP contribution is 2.38. The Hall–Kier alpha value is -1.82. The number of benzene rings is 1. The van der Waals surface area contributed by atoms with Crippen molar-refractivity contribution in [2.75, 3.05) is 27.3 Å². The number of aliphatic hydroxyl groups excluding tert-OH is 1. The summed E-state index contributed by atoms with van der Waals surface area (Å²) in [7, 11) is 3.17. The zero-order valence-corrected chi connectivity index (χ0v) is 15.2. The number of halogens is 1. The van der Waals surface area contributed by atoms with Gasteiger partial charge in [-0.25, -0.2) is 0 Å². The molecule has 1 saturated heterocycles. The minimum absolute atomic E-state index is 0.210. The van der Waals surface area contributed by atoms with E-state index in [9.17, 15) is 5.11 Å². The Morgan fingerprint density at radius 1 is 1.16 bits per heavy atom. The van der Waals surface area contributed by atoms with Gasteiger partial charge >= 0.3 is 0 Å². The minimum atomic E-state index is -0.341. The fourth-order valence-corrected chi connectivity index (χ4v) is 3.68. The minimum Gasteiger partial charge on any atom is -0.493 e. The van der Waals surface area contributed by atoms with Crippen LogP contribution in [-0.4, -0.2) is 48.4 Å². The van der Waals surface area contributed by atoms with Crippen molar-refractivity contribution in [3.63, 3.8) is 0 Å². The summed E-state index contributed by atoms with van der Waals surface area (Å²) >= 11 is 6.47. The van der Waals surface area contributed by atoms with Gasteiger partial charge in [-0.15, -0.1) is 0 Å². The van der Waals surface area contributed by atoms with Crippen LogP contribution in [0.4, 0.5) is 0 Å². The number of ether oxygens (including phenoxy) is 2. The summed E-state index contributed by atoms with van der Waals surface area (Å²) < 4.78 is 10.6. The molecule has 1 aliphatic rings. The van der Waals surface area contributed by atoms with E-state index in [1.165, 1.54) is 5.56 Å². The van der Waals surface area contributed by atoms with Crippen LogP contribution in [0.15, 0.2) is 36.7 Å². The predicted octanol–water partition coefficient (Wildman–Crippen LogP) is 2.79. The number of aliphatic hydroxyl groups is 1. The first kappa shape index (κ1) is 18.0. The largest absolute Gasteiger partial charge is 0.493 e. The number of hydrogen-bond acceptors (Lipinski definition) is 5. The number of nitrogens with zero attached hydrogens (tertiary/aromatic N) is 2. The molecule has 1 fully saturated rings. The number of aromatic nitrogens is 1. The predicted molar refractivity (Wildman–Crippen MR) is 97.3 cm³/mol. The average molecular weight is 363 g/mol. The van der Waals surface area contributed by atoms with Crippen LogP contribution in [0.1, 0.15) is 11.1 Å². The molecule has 0 bridgehead atoms. The molecule has 1 aliphatic heterocycles. The molecule has 3 rings (SSSR count). The van der Waals surface area contributed by atoms with Crippen molar-refractivity contribution in [3.05, 3.63) is 52.8 Å². The third-order valence-corrected chi connectivity index (χ3v) is 5.10. The molecule has 2 atom stereocenters. The van der Waals surface area contributed by atoms with Gasteiger partial charge < -0.3 is 14.6 Å². The lowest BCUT2D eigenvalue weighted by Crippen LogP contribution is -2.21. The Morgan fingerprint density at radius 3 is 2.60 bits per heavy atom. The van der Waals surface area contributed by atoms with Crippen LogP contribution in [-0.2, 0) is 13.0 Å². The fourth-order valence-electron chi connectivity index (χ4n) is 3.39. The molecular weight excluding hydrogens is 340 g/mol. The normalized spacial score (nSPS) is 20.6. The van der Waals surface area contributed by atoms with Crippen molar-refractivity contribution < 1.29 is 14.6 Å². The monoisotopic (exact) mass is 362 g/mol. The summed E-state index contributed by atoms with van der Waals surface area (Å²) in [6.07, 6.45) is 4.09. The van der Waals surface area contributed by atoms with Crippen molar-refractivity contribution in [1.82, 2.24) is 9.88 Å². The second-order valence-electron chi connectivity index (χ2n) is 6.36. The van der Waals surface area contributed by atoms with E-state index in [0.717, 1.165) is 18.5 Å². The van der Waals surface area contributed by atoms with E-state index in [-0.39, 0.29) is 12.0 Å². The van der Waals surface area contributed by atoms with Gasteiger partial charge in [0.05, 0.1) is 25.3 Å². The van der Waals surface area contributed by atoms with Crippen LogP contribution in [0.2, 0.25) is 5.02 Å². The second-order valence-corrected chi connectivity index (χ2v) is 6.73. The van der Waals surface area contributed by atoms with Crippen molar-refractivity contribution in [2.45, 2.75) is 19.1 Å². The van der Waals surface area contributed by atoms with Crippen molar-refractivity contribution in [1.29, 1.82) is 0 Å². The first-order chi connectivity index (χ1) is 12.1. The lowest BCUT2D eigenvalue weighted by atomic mass is 9.97. The lowest BCUT2D eigenvalue weighted by molar-refractivity contribution is 0.141.